The summed E-state index contributed by atoms with van der Waals surface area (Å²) in [5.41, 5.74) is 6.59. The van der Waals surface area contributed by atoms with Crippen LogP contribution in [0.4, 0.5) is 4.79 Å². The summed E-state index contributed by atoms with van der Waals surface area (Å²) >= 11 is 0. The number of Topliss-reactive ketones (excluding diaryl/α,β-unsaturated/α-hetero) is 1. The monoisotopic (exact) mass is 403 g/mol. The third-order valence-corrected chi connectivity index (χ3v) is 5.42. The van der Waals surface area contributed by atoms with Gasteiger partial charge in [0.1, 0.15) is 6.61 Å². The molecule has 29 heavy (non-hydrogen) atoms. The standard InChI is InChI=1S/C21H29N3O5/c1-4-5-6-11-15(17(26)18-21(2,3)12-29-20(28)23-18)16(25)13-9-7-8-10-14(13)19(27)24-22/h7-10,15,17-18,22,26H,4-6,11-12H2,1-3H3,(H,23,28)/t15-,17?,18?/m0/s1. The average Bonchev–Trinajstić information content (AvgIpc) is 2.71. The fourth-order valence-electron chi connectivity index (χ4n) is 3.70. The number of carbonyl (C=O) groups excluding carboxylic acids is 3. The molecule has 0 spiro atoms. The molecule has 0 aliphatic carbocycles. The second-order valence-corrected chi connectivity index (χ2v) is 8.11. The predicted molar refractivity (Wildman–Crippen MR) is 106 cm³/mol. The Morgan fingerprint density at radius 3 is 2.59 bits per heavy atom. The number of aliphatic hydroxyl groups is 1. The molecule has 8 nitrogen and oxygen atoms in total. The second kappa shape index (κ2) is 9.73. The lowest BCUT2D eigenvalue weighted by Gasteiger charge is -2.42. The lowest BCUT2D eigenvalue weighted by molar-refractivity contribution is -0.0297. The maximum Gasteiger partial charge on any atom is 0.407 e. The van der Waals surface area contributed by atoms with Gasteiger partial charge in [-0.2, -0.15) is 0 Å². The maximum absolute atomic E-state index is 13.4. The smallest absolute Gasteiger partial charge is 0.407 e. The first-order chi connectivity index (χ1) is 13.7. The fourth-order valence-corrected chi connectivity index (χ4v) is 3.70. The van der Waals surface area contributed by atoms with Gasteiger partial charge in [0.15, 0.2) is 5.78 Å². The summed E-state index contributed by atoms with van der Waals surface area (Å²) in [7, 11) is 0. The fraction of sp³-hybridized carbons (Fsp3) is 0.571. The lowest BCUT2D eigenvalue weighted by atomic mass is 9.74. The van der Waals surface area contributed by atoms with Crippen molar-refractivity contribution < 1.29 is 24.2 Å². The van der Waals surface area contributed by atoms with Crippen LogP contribution in [-0.2, 0) is 4.74 Å². The first-order valence-electron chi connectivity index (χ1n) is 9.89. The number of rotatable bonds is 9. The van der Waals surface area contributed by atoms with E-state index in [1.807, 2.05) is 20.8 Å². The van der Waals surface area contributed by atoms with Crippen molar-refractivity contribution in [3.05, 3.63) is 35.4 Å². The van der Waals surface area contributed by atoms with Crippen molar-refractivity contribution in [1.29, 1.82) is 5.53 Å². The van der Waals surface area contributed by atoms with Crippen molar-refractivity contribution >= 4 is 17.8 Å². The summed E-state index contributed by atoms with van der Waals surface area (Å²) in [6, 6.07) is 5.50. The van der Waals surface area contributed by atoms with Crippen molar-refractivity contribution in [2.75, 3.05) is 6.61 Å². The molecule has 1 aliphatic heterocycles. The largest absolute Gasteiger partial charge is 0.449 e. The Hall–Kier alpha value is -2.61. The summed E-state index contributed by atoms with van der Waals surface area (Å²) in [4.78, 5) is 37.2. The van der Waals surface area contributed by atoms with Crippen LogP contribution in [0.15, 0.2) is 29.4 Å². The maximum atomic E-state index is 13.4. The van der Waals surface area contributed by atoms with Gasteiger partial charge in [0.25, 0.3) is 5.91 Å². The van der Waals surface area contributed by atoms with E-state index < -0.39 is 41.3 Å². The lowest BCUT2D eigenvalue weighted by Crippen LogP contribution is -2.60. The molecule has 2 rings (SSSR count). The number of nitrogens with zero attached hydrogens (tertiary/aromatic N) is 1. The molecule has 2 unspecified atom stereocenters. The Balaban J connectivity index is 2.39. The van der Waals surface area contributed by atoms with Crippen LogP contribution in [0.25, 0.3) is 0 Å². The highest BCUT2D eigenvalue weighted by molar-refractivity contribution is 6.09. The molecule has 1 saturated heterocycles. The zero-order chi connectivity index (χ0) is 21.6. The van der Waals surface area contributed by atoms with Crippen molar-refractivity contribution in [1.82, 2.24) is 5.32 Å². The number of hydrogen-bond acceptors (Lipinski definition) is 6. The van der Waals surface area contributed by atoms with Crippen LogP contribution in [0.1, 0.15) is 67.2 Å². The van der Waals surface area contributed by atoms with Gasteiger partial charge >= 0.3 is 6.09 Å². The van der Waals surface area contributed by atoms with Gasteiger partial charge in [-0.25, -0.2) is 10.3 Å². The summed E-state index contributed by atoms with van der Waals surface area (Å²) in [6.07, 6.45) is 1.19. The number of benzene rings is 1. The third kappa shape index (κ3) is 5.26. The van der Waals surface area contributed by atoms with E-state index in [1.54, 1.807) is 12.1 Å². The summed E-state index contributed by atoms with van der Waals surface area (Å²) in [5, 5.41) is 16.7. The molecular formula is C21H29N3O5. The highest BCUT2D eigenvalue weighted by Gasteiger charge is 2.45. The van der Waals surface area contributed by atoms with Gasteiger partial charge in [-0.1, -0.05) is 58.2 Å². The van der Waals surface area contributed by atoms with E-state index in [9.17, 15) is 19.5 Å². The molecule has 1 heterocycles. The van der Waals surface area contributed by atoms with Crippen molar-refractivity contribution in [2.45, 2.75) is 58.6 Å². The van der Waals surface area contributed by atoms with E-state index >= 15 is 0 Å². The van der Waals surface area contributed by atoms with Gasteiger partial charge in [0.05, 0.1) is 23.6 Å². The first kappa shape index (κ1) is 22.7. The minimum atomic E-state index is -1.15. The van der Waals surface area contributed by atoms with Gasteiger partial charge in [-0.3, -0.25) is 9.59 Å². The van der Waals surface area contributed by atoms with Crippen molar-refractivity contribution in [3.8, 4) is 0 Å². The van der Waals surface area contributed by atoms with Crippen LogP contribution in [0, 0.1) is 16.9 Å². The van der Waals surface area contributed by atoms with E-state index in [4.69, 9.17) is 10.3 Å². The molecule has 8 heteroatoms. The molecule has 0 radical (unpaired) electrons. The quantitative estimate of drug-likeness (QED) is 0.329. The molecule has 0 saturated carbocycles. The number of nitrogens with one attached hydrogen (secondary N) is 2. The average molecular weight is 403 g/mol. The van der Waals surface area contributed by atoms with Crippen LogP contribution in [0.5, 0.6) is 0 Å². The van der Waals surface area contributed by atoms with Crippen LogP contribution in [-0.4, -0.2) is 41.6 Å². The molecule has 1 aliphatic rings. The molecule has 0 bridgehead atoms. The number of amides is 2. The summed E-state index contributed by atoms with van der Waals surface area (Å²) in [6.45, 7) is 5.87. The van der Waals surface area contributed by atoms with Crippen LogP contribution < -0.4 is 5.32 Å². The predicted octanol–water partition coefficient (Wildman–Crippen LogP) is 3.73. The Labute approximate surface area is 170 Å². The van der Waals surface area contributed by atoms with E-state index in [1.165, 1.54) is 12.1 Å². The minimum Gasteiger partial charge on any atom is -0.449 e. The second-order valence-electron chi connectivity index (χ2n) is 8.11. The Kier molecular flexibility index (Phi) is 7.61. The number of hydrogen-bond donors (Lipinski definition) is 3. The molecule has 1 aromatic carbocycles. The van der Waals surface area contributed by atoms with Gasteiger partial charge in [0.2, 0.25) is 0 Å². The molecule has 3 N–H and O–H groups in total. The Morgan fingerprint density at radius 2 is 1.97 bits per heavy atom. The van der Waals surface area contributed by atoms with Crippen molar-refractivity contribution in [2.24, 2.45) is 16.4 Å². The van der Waals surface area contributed by atoms with E-state index in [-0.39, 0.29) is 17.7 Å². The number of carbonyl (C=O) groups is 3. The Bertz CT molecular complexity index is 777. The Morgan fingerprint density at radius 1 is 1.31 bits per heavy atom. The highest BCUT2D eigenvalue weighted by atomic mass is 16.6. The zero-order valence-electron chi connectivity index (χ0n) is 17.1. The summed E-state index contributed by atoms with van der Waals surface area (Å²) < 4.78 is 5.04. The molecule has 3 atom stereocenters. The van der Waals surface area contributed by atoms with Crippen LogP contribution in [0.2, 0.25) is 0 Å². The molecule has 2 amide bonds. The number of alkyl carbamates (subject to hydrolysis) is 1. The van der Waals surface area contributed by atoms with E-state index in [0.29, 0.717) is 6.42 Å². The van der Waals surface area contributed by atoms with Crippen LogP contribution in [0.3, 0.4) is 0 Å². The molecule has 0 aromatic heterocycles. The van der Waals surface area contributed by atoms with Gasteiger partial charge < -0.3 is 15.2 Å². The normalized spacial score (nSPS) is 20.1. The summed E-state index contributed by atoms with van der Waals surface area (Å²) in [5.74, 6) is -2.02. The third-order valence-electron chi connectivity index (χ3n) is 5.42. The molecular weight excluding hydrogens is 374 g/mol. The van der Waals surface area contributed by atoms with Gasteiger partial charge in [-0.15, -0.1) is 5.11 Å². The number of aliphatic hydroxyl groups excluding tert-OH is 1. The minimum absolute atomic E-state index is 0.0375. The topological polar surface area (TPSA) is 129 Å². The number of unbranched alkanes of at least 4 members (excludes halogenated alkanes) is 2. The molecule has 158 valence electrons. The number of ether oxygens (including phenoxy) is 1. The van der Waals surface area contributed by atoms with Gasteiger partial charge in [-0.05, 0) is 12.5 Å². The van der Waals surface area contributed by atoms with E-state index in [0.717, 1.165) is 19.3 Å². The van der Waals surface area contributed by atoms with E-state index in [2.05, 4.69) is 10.4 Å². The van der Waals surface area contributed by atoms with Crippen LogP contribution >= 0.6 is 0 Å². The van der Waals surface area contributed by atoms with Gasteiger partial charge in [0, 0.05) is 11.0 Å². The first-order valence-corrected chi connectivity index (χ1v) is 9.89. The van der Waals surface area contributed by atoms with Crippen molar-refractivity contribution in [3.63, 3.8) is 0 Å². The SMILES string of the molecule is CCCCC[C@@H](C(=O)c1ccccc1C(=O)N=N)C(O)C1NC(=O)OCC1(C)C. The highest BCUT2D eigenvalue weighted by Crippen LogP contribution is 2.33. The molecule has 1 fully saturated rings. The molecule has 1 aromatic rings. The number of cyclic esters (lactones) is 1. The number of ketones is 1. The zero-order valence-corrected chi connectivity index (χ0v) is 17.1.